The third-order valence-electron chi connectivity index (χ3n) is 2.73. The Hall–Kier alpha value is -0.720. The van der Waals surface area contributed by atoms with E-state index in [1.165, 1.54) is 6.07 Å². The molecule has 1 N–H and O–H groups in total. The Balaban J connectivity index is 2.22. The van der Waals surface area contributed by atoms with Gasteiger partial charge in [0.2, 0.25) is 0 Å². The monoisotopic (exact) mass is 394 g/mol. The molecule has 0 amide bonds. The summed E-state index contributed by atoms with van der Waals surface area (Å²) in [6.07, 6.45) is -0.608. The standard InChI is InChI=1S/C14H10ClF2IO/c15-9-2-4-13(18)10(7-9)14(19)6-8-1-3-11(16)12(17)5-8/h1-5,7,14,19H,6H2. The van der Waals surface area contributed by atoms with Crippen molar-refractivity contribution in [2.75, 3.05) is 0 Å². The SMILES string of the molecule is OC(Cc1ccc(F)c(F)c1)c1cc(Cl)ccc1I. The van der Waals surface area contributed by atoms with E-state index in [0.29, 0.717) is 16.1 Å². The Morgan fingerprint density at radius 1 is 1.11 bits per heavy atom. The summed E-state index contributed by atoms with van der Waals surface area (Å²) >= 11 is 7.98. The summed E-state index contributed by atoms with van der Waals surface area (Å²) in [5.74, 6) is -1.80. The first-order valence-electron chi connectivity index (χ1n) is 5.54. The molecule has 0 heterocycles. The lowest BCUT2D eigenvalue weighted by molar-refractivity contribution is 0.177. The molecule has 0 saturated carbocycles. The Kier molecular flexibility index (Phi) is 4.76. The molecule has 2 rings (SSSR count). The molecule has 0 fully saturated rings. The van der Waals surface area contributed by atoms with E-state index in [9.17, 15) is 13.9 Å². The van der Waals surface area contributed by atoms with Gasteiger partial charge in [-0.15, -0.1) is 0 Å². The van der Waals surface area contributed by atoms with E-state index < -0.39 is 17.7 Å². The first-order chi connectivity index (χ1) is 8.97. The van der Waals surface area contributed by atoms with Crippen LogP contribution in [0.25, 0.3) is 0 Å². The summed E-state index contributed by atoms with van der Waals surface area (Å²) in [6.45, 7) is 0. The smallest absolute Gasteiger partial charge is 0.159 e. The van der Waals surface area contributed by atoms with Crippen molar-refractivity contribution >= 4 is 34.2 Å². The molecule has 0 aliphatic carbocycles. The maximum Gasteiger partial charge on any atom is 0.159 e. The van der Waals surface area contributed by atoms with Crippen molar-refractivity contribution in [3.63, 3.8) is 0 Å². The van der Waals surface area contributed by atoms with Crippen LogP contribution in [0.15, 0.2) is 36.4 Å². The molecule has 100 valence electrons. The Morgan fingerprint density at radius 3 is 2.53 bits per heavy atom. The lowest BCUT2D eigenvalue weighted by Crippen LogP contribution is -2.04. The first-order valence-corrected chi connectivity index (χ1v) is 7.00. The molecule has 0 aliphatic rings. The van der Waals surface area contributed by atoms with Gasteiger partial charge in [0, 0.05) is 15.0 Å². The summed E-state index contributed by atoms with van der Waals surface area (Å²) < 4.78 is 26.8. The summed E-state index contributed by atoms with van der Waals surface area (Å²) in [4.78, 5) is 0. The van der Waals surface area contributed by atoms with Crippen LogP contribution >= 0.6 is 34.2 Å². The number of rotatable bonds is 3. The number of benzene rings is 2. The van der Waals surface area contributed by atoms with Gasteiger partial charge in [0.05, 0.1) is 6.10 Å². The second-order valence-corrected chi connectivity index (χ2v) is 5.73. The fourth-order valence-corrected chi connectivity index (χ4v) is 2.65. The van der Waals surface area contributed by atoms with Crippen molar-refractivity contribution in [3.8, 4) is 0 Å². The molecular weight excluding hydrogens is 385 g/mol. The number of aliphatic hydroxyl groups is 1. The molecule has 0 saturated heterocycles. The highest BCUT2D eigenvalue weighted by molar-refractivity contribution is 14.1. The van der Waals surface area contributed by atoms with Crippen molar-refractivity contribution in [3.05, 3.63) is 67.8 Å². The molecule has 1 nitrogen and oxygen atoms in total. The van der Waals surface area contributed by atoms with Gasteiger partial charge in [-0.2, -0.15) is 0 Å². The highest BCUT2D eigenvalue weighted by Gasteiger charge is 2.14. The summed E-state index contributed by atoms with van der Waals surface area (Å²) in [6, 6.07) is 8.81. The Morgan fingerprint density at radius 2 is 1.84 bits per heavy atom. The van der Waals surface area contributed by atoms with E-state index in [2.05, 4.69) is 22.6 Å². The van der Waals surface area contributed by atoms with Crippen LogP contribution in [0.4, 0.5) is 8.78 Å². The molecule has 0 radical (unpaired) electrons. The lowest BCUT2D eigenvalue weighted by atomic mass is 10.0. The lowest BCUT2D eigenvalue weighted by Gasteiger charge is -2.13. The number of hydrogen-bond donors (Lipinski definition) is 1. The Bertz CT molecular complexity index is 604. The molecule has 19 heavy (non-hydrogen) atoms. The highest BCUT2D eigenvalue weighted by atomic mass is 127. The van der Waals surface area contributed by atoms with Gasteiger partial charge in [-0.3, -0.25) is 0 Å². The molecule has 2 aromatic carbocycles. The van der Waals surface area contributed by atoms with Crippen LogP contribution < -0.4 is 0 Å². The normalized spacial score (nSPS) is 12.5. The van der Waals surface area contributed by atoms with Crippen LogP contribution in [-0.4, -0.2) is 5.11 Å². The van der Waals surface area contributed by atoms with Crippen LogP contribution in [-0.2, 0) is 6.42 Å². The third-order valence-corrected chi connectivity index (χ3v) is 3.95. The van der Waals surface area contributed by atoms with Gasteiger partial charge in [0.25, 0.3) is 0 Å². The molecule has 0 aliphatic heterocycles. The van der Waals surface area contributed by atoms with E-state index in [0.717, 1.165) is 15.7 Å². The van der Waals surface area contributed by atoms with E-state index in [-0.39, 0.29) is 6.42 Å². The van der Waals surface area contributed by atoms with Crippen molar-refractivity contribution < 1.29 is 13.9 Å². The number of aliphatic hydroxyl groups excluding tert-OH is 1. The van der Waals surface area contributed by atoms with Crippen LogP contribution in [0.5, 0.6) is 0 Å². The van der Waals surface area contributed by atoms with Crippen LogP contribution in [0.3, 0.4) is 0 Å². The zero-order valence-electron chi connectivity index (χ0n) is 9.71. The van der Waals surface area contributed by atoms with Gasteiger partial charge < -0.3 is 5.11 Å². The first kappa shape index (κ1) is 14.7. The summed E-state index contributed by atoms with van der Waals surface area (Å²) in [7, 11) is 0. The molecule has 1 unspecified atom stereocenters. The van der Waals surface area contributed by atoms with Gasteiger partial charge in [-0.05, 0) is 64.0 Å². The minimum absolute atomic E-state index is 0.202. The number of hydrogen-bond acceptors (Lipinski definition) is 1. The van der Waals surface area contributed by atoms with Crippen LogP contribution in [0.2, 0.25) is 5.02 Å². The Labute approximate surface area is 128 Å². The van der Waals surface area contributed by atoms with Gasteiger partial charge in [0.1, 0.15) is 0 Å². The third kappa shape index (κ3) is 3.64. The van der Waals surface area contributed by atoms with E-state index in [1.807, 2.05) is 0 Å². The zero-order chi connectivity index (χ0) is 14.0. The van der Waals surface area contributed by atoms with Crippen molar-refractivity contribution in [2.24, 2.45) is 0 Å². The second-order valence-electron chi connectivity index (χ2n) is 4.13. The number of halogens is 4. The molecular formula is C14H10ClF2IO. The van der Waals surface area contributed by atoms with E-state index >= 15 is 0 Å². The predicted octanol–water partition coefficient (Wildman–Crippen LogP) is 4.50. The maximum atomic E-state index is 13.1. The summed E-state index contributed by atoms with van der Waals surface area (Å²) in [5.41, 5.74) is 1.21. The predicted molar refractivity (Wildman–Crippen MR) is 79.2 cm³/mol. The molecule has 1 atom stereocenters. The topological polar surface area (TPSA) is 20.2 Å². The minimum atomic E-state index is -0.912. The van der Waals surface area contributed by atoms with Gasteiger partial charge in [-0.25, -0.2) is 8.78 Å². The average Bonchev–Trinajstić information content (AvgIpc) is 2.36. The minimum Gasteiger partial charge on any atom is -0.388 e. The molecule has 0 aromatic heterocycles. The molecule has 5 heteroatoms. The van der Waals surface area contributed by atoms with Gasteiger partial charge >= 0.3 is 0 Å². The van der Waals surface area contributed by atoms with E-state index in [4.69, 9.17) is 11.6 Å². The highest BCUT2D eigenvalue weighted by Crippen LogP contribution is 2.26. The fourth-order valence-electron chi connectivity index (χ4n) is 1.77. The second kappa shape index (κ2) is 6.15. The maximum absolute atomic E-state index is 13.1. The van der Waals surface area contributed by atoms with Crippen molar-refractivity contribution in [1.29, 1.82) is 0 Å². The molecule has 0 bridgehead atoms. The quantitative estimate of drug-likeness (QED) is 0.760. The summed E-state index contributed by atoms with van der Waals surface area (Å²) in [5, 5.41) is 10.7. The average molecular weight is 395 g/mol. The van der Waals surface area contributed by atoms with Crippen molar-refractivity contribution in [2.45, 2.75) is 12.5 Å². The van der Waals surface area contributed by atoms with Crippen LogP contribution in [0, 0.1) is 15.2 Å². The van der Waals surface area contributed by atoms with Crippen molar-refractivity contribution in [1.82, 2.24) is 0 Å². The molecule has 2 aromatic rings. The fraction of sp³-hybridized carbons (Fsp3) is 0.143. The van der Waals surface area contributed by atoms with E-state index in [1.54, 1.807) is 18.2 Å². The largest absolute Gasteiger partial charge is 0.388 e. The zero-order valence-corrected chi connectivity index (χ0v) is 12.6. The van der Waals surface area contributed by atoms with Gasteiger partial charge in [-0.1, -0.05) is 17.7 Å². The van der Waals surface area contributed by atoms with Crippen LogP contribution in [0.1, 0.15) is 17.2 Å². The van der Waals surface area contributed by atoms with Gasteiger partial charge in [0.15, 0.2) is 11.6 Å². The molecule has 0 spiro atoms.